The molecule has 0 aromatic heterocycles. The van der Waals surface area contributed by atoms with Crippen LogP contribution in [0.5, 0.6) is 0 Å². The van der Waals surface area contributed by atoms with Crippen molar-refractivity contribution in [1.82, 2.24) is 10.2 Å². The number of halogens is 1. The van der Waals surface area contributed by atoms with Crippen LogP contribution in [0.15, 0.2) is 42.5 Å². The van der Waals surface area contributed by atoms with Crippen molar-refractivity contribution in [3.8, 4) is 0 Å². The third-order valence-electron chi connectivity index (χ3n) is 2.68. The van der Waals surface area contributed by atoms with Crippen LogP contribution in [0.4, 0.5) is 9.18 Å². The van der Waals surface area contributed by atoms with Crippen molar-refractivity contribution < 1.29 is 18.8 Å². The summed E-state index contributed by atoms with van der Waals surface area (Å²) in [6.07, 6.45) is 2.68. The van der Waals surface area contributed by atoms with E-state index >= 15 is 0 Å². The second kappa shape index (κ2) is 5.48. The average Bonchev–Trinajstić information content (AvgIpc) is 2.41. The highest BCUT2D eigenvalue weighted by Crippen LogP contribution is 2.14. The second-order valence-corrected chi connectivity index (χ2v) is 4.07. The van der Waals surface area contributed by atoms with Crippen LogP contribution in [0.2, 0.25) is 0 Å². The average molecular weight is 274 g/mol. The van der Waals surface area contributed by atoms with Gasteiger partial charge in [-0.3, -0.25) is 19.8 Å². The molecule has 1 aliphatic rings. The number of barbiturate groups is 1. The van der Waals surface area contributed by atoms with Crippen LogP contribution >= 0.6 is 0 Å². The standard InChI is InChI=1S/C14H11FN2O3/c1-2-7-17-13(19)11(12(18)16-14(17)20)8-9-3-5-10(15)6-4-9/h2-6,8H,1,7H2,(H,16,18,20). The first-order valence-electron chi connectivity index (χ1n) is 5.78. The van der Waals surface area contributed by atoms with Gasteiger partial charge >= 0.3 is 6.03 Å². The molecule has 20 heavy (non-hydrogen) atoms. The number of hydrogen-bond donors (Lipinski definition) is 1. The van der Waals surface area contributed by atoms with Crippen molar-refractivity contribution >= 4 is 23.9 Å². The number of carbonyl (C=O) groups excluding carboxylic acids is 3. The topological polar surface area (TPSA) is 66.5 Å². The number of nitrogens with one attached hydrogen (secondary N) is 1. The molecular formula is C14H11FN2O3. The smallest absolute Gasteiger partial charge is 0.273 e. The largest absolute Gasteiger partial charge is 0.331 e. The van der Waals surface area contributed by atoms with Gasteiger partial charge in [-0.15, -0.1) is 6.58 Å². The van der Waals surface area contributed by atoms with Crippen LogP contribution in [-0.2, 0) is 9.59 Å². The zero-order chi connectivity index (χ0) is 14.7. The predicted octanol–water partition coefficient (Wildman–Crippen LogP) is 1.47. The van der Waals surface area contributed by atoms with Gasteiger partial charge in [0.15, 0.2) is 0 Å². The number of benzene rings is 1. The van der Waals surface area contributed by atoms with Crippen LogP contribution in [-0.4, -0.2) is 29.3 Å². The zero-order valence-electron chi connectivity index (χ0n) is 10.4. The summed E-state index contributed by atoms with van der Waals surface area (Å²) in [5.74, 6) is -1.90. The fourth-order valence-corrected chi connectivity index (χ4v) is 1.71. The van der Waals surface area contributed by atoms with Gasteiger partial charge in [-0.2, -0.15) is 0 Å². The molecule has 0 saturated carbocycles. The highest BCUT2D eigenvalue weighted by molar-refractivity contribution is 6.31. The van der Waals surface area contributed by atoms with E-state index in [-0.39, 0.29) is 12.1 Å². The van der Waals surface area contributed by atoms with Crippen molar-refractivity contribution in [3.05, 3.63) is 53.9 Å². The lowest BCUT2D eigenvalue weighted by atomic mass is 10.1. The molecular weight excluding hydrogens is 263 g/mol. The quantitative estimate of drug-likeness (QED) is 0.515. The Morgan fingerprint density at radius 3 is 2.45 bits per heavy atom. The summed E-state index contributed by atoms with van der Waals surface area (Å²) in [6, 6.07) is 4.50. The van der Waals surface area contributed by atoms with E-state index in [0.29, 0.717) is 5.56 Å². The van der Waals surface area contributed by atoms with E-state index in [4.69, 9.17) is 0 Å². The minimum atomic E-state index is -0.781. The summed E-state index contributed by atoms with van der Waals surface area (Å²) in [6.45, 7) is 3.44. The van der Waals surface area contributed by atoms with Gasteiger partial charge in [-0.05, 0) is 23.8 Å². The van der Waals surface area contributed by atoms with Gasteiger partial charge in [-0.25, -0.2) is 9.18 Å². The molecule has 0 aliphatic carbocycles. The first-order chi connectivity index (χ1) is 9.52. The Morgan fingerprint density at radius 1 is 1.20 bits per heavy atom. The van der Waals surface area contributed by atoms with E-state index in [2.05, 4.69) is 11.9 Å². The van der Waals surface area contributed by atoms with Gasteiger partial charge in [0.05, 0.1) is 0 Å². The van der Waals surface area contributed by atoms with Gasteiger partial charge < -0.3 is 0 Å². The Bertz CT molecular complexity index is 620. The SMILES string of the molecule is C=CCN1C(=O)NC(=O)C(=Cc2ccc(F)cc2)C1=O. The zero-order valence-corrected chi connectivity index (χ0v) is 10.4. The number of amides is 4. The van der Waals surface area contributed by atoms with Gasteiger partial charge in [-0.1, -0.05) is 18.2 Å². The third kappa shape index (κ3) is 2.64. The minimum Gasteiger partial charge on any atom is -0.273 e. The molecule has 1 N–H and O–H groups in total. The fraction of sp³-hybridized carbons (Fsp3) is 0.0714. The Kier molecular flexibility index (Phi) is 3.74. The molecule has 5 nitrogen and oxygen atoms in total. The number of imide groups is 2. The molecule has 1 fully saturated rings. The van der Waals surface area contributed by atoms with Gasteiger partial charge in [0.25, 0.3) is 11.8 Å². The Morgan fingerprint density at radius 2 is 1.85 bits per heavy atom. The van der Waals surface area contributed by atoms with E-state index in [1.165, 1.54) is 36.4 Å². The van der Waals surface area contributed by atoms with Crippen LogP contribution in [0, 0.1) is 5.82 Å². The van der Waals surface area contributed by atoms with Crippen molar-refractivity contribution in [2.45, 2.75) is 0 Å². The predicted molar refractivity (Wildman–Crippen MR) is 69.8 cm³/mol. The van der Waals surface area contributed by atoms with E-state index in [0.717, 1.165) is 4.90 Å². The minimum absolute atomic E-state index is 0.00129. The lowest BCUT2D eigenvalue weighted by molar-refractivity contribution is -0.129. The van der Waals surface area contributed by atoms with Crippen LogP contribution < -0.4 is 5.32 Å². The van der Waals surface area contributed by atoms with Crippen molar-refractivity contribution in [2.24, 2.45) is 0 Å². The van der Waals surface area contributed by atoms with Crippen molar-refractivity contribution in [3.63, 3.8) is 0 Å². The van der Waals surface area contributed by atoms with Crippen LogP contribution in [0.25, 0.3) is 6.08 Å². The maximum absolute atomic E-state index is 12.8. The normalized spacial score (nSPS) is 17.4. The van der Waals surface area contributed by atoms with E-state index in [1.807, 2.05) is 0 Å². The number of rotatable bonds is 3. The Balaban J connectivity index is 2.36. The molecule has 0 atom stereocenters. The molecule has 0 radical (unpaired) electrons. The first-order valence-corrected chi connectivity index (χ1v) is 5.78. The molecule has 0 unspecified atom stereocenters. The Labute approximate surface area is 114 Å². The summed E-state index contributed by atoms with van der Waals surface area (Å²) >= 11 is 0. The molecule has 1 aromatic rings. The van der Waals surface area contributed by atoms with Crippen molar-refractivity contribution in [1.29, 1.82) is 0 Å². The molecule has 6 heteroatoms. The molecule has 102 valence electrons. The number of nitrogens with zero attached hydrogens (tertiary/aromatic N) is 1. The molecule has 1 heterocycles. The van der Waals surface area contributed by atoms with Crippen LogP contribution in [0.3, 0.4) is 0 Å². The van der Waals surface area contributed by atoms with Gasteiger partial charge in [0.2, 0.25) is 0 Å². The number of hydrogen-bond acceptors (Lipinski definition) is 3. The highest BCUT2D eigenvalue weighted by Gasteiger charge is 2.34. The van der Waals surface area contributed by atoms with E-state index < -0.39 is 23.7 Å². The highest BCUT2D eigenvalue weighted by atomic mass is 19.1. The van der Waals surface area contributed by atoms with Crippen molar-refractivity contribution in [2.75, 3.05) is 6.54 Å². The third-order valence-corrected chi connectivity index (χ3v) is 2.68. The fourth-order valence-electron chi connectivity index (χ4n) is 1.71. The molecule has 0 spiro atoms. The van der Waals surface area contributed by atoms with Gasteiger partial charge in [0, 0.05) is 6.54 Å². The molecule has 2 rings (SSSR count). The second-order valence-electron chi connectivity index (χ2n) is 4.07. The monoisotopic (exact) mass is 274 g/mol. The first kappa shape index (κ1) is 13.7. The number of urea groups is 1. The molecule has 4 amide bonds. The maximum atomic E-state index is 12.8. The summed E-state index contributed by atoms with van der Waals surface area (Å²) in [5.41, 5.74) is 0.302. The number of carbonyl (C=O) groups is 3. The van der Waals surface area contributed by atoms with E-state index in [9.17, 15) is 18.8 Å². The molecule has 1 saturated heterocycles. The lowest BCUT2D eigenvalue weighted by Crippen LogP contribution is -2.54. The summed E-state index contributed by atoms with van der Waals surface area (Å²) < 4.78 is 12.8. The Hall–Kier alpha value is -2.76. The summed E-state index contributed by atoms with van der Waals surface area (Å²) in [5, 5.41) is 2.06. The van der Waals surface area contributed by atoms with Gasteiger partial charge in [0.1, 0.15) is 11.4 Å². The maximum Gasteiger partial charge on any atom is 0.331 e. The molecule has 1 aliphatic heterocycles. The summed E-state index contributed by atoms with van der Waals surface area (Å²) in [4.78, 5) is 36.1. The molecule has 1 aromatic carbocycles. The van der Waals surface area contributed by atoms with Crippen LogP contribution in [0.1, 0.15) is 5.56 Å². The molecule has 0 bridgehead atoms. The van der Waals surface area contributed by atoms with E-state index in [1.54, 1.807) is 0 Å². The lowest BCUT2D eigenvalue weighted by Gasteiger charge is -2.25. The summed E-state index contributed by atoms with van der Waals surface area (Å²) in [7, 11) is 0.